The number of Topliss-reactive ketones (excluding diaryl/α,β-unsaturated/α-hetero) is 1. The number of ketones is 1. The summed E-state index contributed by atoms with van der Waals surface area (Å²) < 4.78 is 0. The third kappa shape index (κ3) is 1.69. The standard InChI is InChI=1S/C9H13ClO2/c1-8(2)4-3-7(12)9(10,5-8)6-11/h6H,3-5H2,1-2H3. The summed E-state index contributed by atoms with van der Waals surface area (Å²) in [5, 5.41) is 0. The van der Waals surface area contributed by atoms with Crippen LogP contribution in [-0.2, 0) is 9.59 Å². The van der Waals surface area contributed by atoms with E-state index >= 15 is 0 Å². The van der Waals surface area contributed by atoms with Crippen molar-refractivity contribution in [1.29, 1.82) is 0 Å². The van der Waals surface area contributed by atoms with Gasteiger partial charge >= 0.3 is 0 Å². The van der Waals surface area contributed by atoms with Gasteiger partial charge in [0.25, 0.3) is 0 Å². The van der Waals surface area contributed by atoms with Crippen molar-refractivity contribution in [3.63, 3.8) is 0 Å². The van der Waals surface area contributed by atoms with Gasteiger partial charge in [0.05, 0.1) is 0 Å². The summed E-state index contributed by atoms with van der Waals surface area (Å²) in [7, 11) is 0. The highest BCUT2D eigenvalue weighted by Gasteiger charge is 2.44. The summed E-state index contributed by atoms with van der Waals surface area (Å²) >= 11 is 5.88. The van der Waals surface area contributed by atoms with Gasteiger partial charge in [0.2, 0.25) is 0 Å². The van der Waals surface area contributed by atoms with Gasteiger partial charge in [0.15, 0.2) is 10.7 Å². The molecule has 1 saturated carbocycles. The van der Waals surface area contributed by atoms with Crippen LogP contribution in [-0.4, -0.2) is 16.9 Å². The van der Waals surface area contributed by atoms with Crippen molar-refractivity contribution in [2.24, 2.45) is 5.41 Å². The molecule has 1 aliphatic carbocycles. The fraction of sp³-hybridized carbons (Fsp3) is 0.778. The van der Waals surface area contributed by atoms with Gasteiger partial charge < -0.3 is 4.79 Å². The summed E-state index contributed by atoms with van der Waals surface area (Å²) in [4.78, 5) is 20.7. The lowest BCUT2D eigenvalue weighted by Gasteiger charge is -2.36. The molecule has 0 spiro atoms. The molecule has 1 unspecified atom stereocenters. The highest BCUT2D eigenvalue weighted by atomic mass is 35.5. The zero-order valence-corrected chi connectivity index (χ0v) is 8.15. The lowest BCUT2D eigenvalue weighted by atomic mass is 9.71. The van der Waals surface area contributed by atoms with E-state index in [9.17, 15) is 9.59 Å². The van der Waals surface area contributed by atoms with Crippen molar-refractivity contribution in [3.8, 4) is 0 Å². The molecule has 1 atom stereocenters. The van der Waals surface area contributed by atoms with Crippen LogP contribution in [0.2, 0.25) is 0 Å². The number of aldehydes is 1. The lowest BCUT2D eigenvalue weighted by Crippen LogP contribution is -2.43. The maximum absolute atomic E-state index is 11.3. The largest absolute Gasteiger partial charge is 0.301 e. The molecule has 0 aliphatic heterocycles. The molecule has 1 aliphatic rings. The van der Waals surface area contributed by atoms with E-state index in [-0.39, 0.29) is 11.2 Å². The number of carbonyl (C=O) groups is 2. The van der Waals surface area contributed by atoms with Gasteiger partial charge in [-0.2, -0.15) is 0 Å². The predicted molar refractivity (Wildman–Crippen MR) is 47.3 cm³/mol. The normalized spacial score (nSPS) is 34.8. The molecule has 2 nitrogen and oxygen atoms in total. The zero-order valence-electron chi connectivity index (χ0n) is 7.39. The summed E-state index contributed by atoms with van der Waals surface area (Å²) in [6.07, 6.45) is 2.30. The van der Waals surface area contributed by atoms with Gasteiger partial charge in [-0.05, 0) is 18.3 Å². The third-order valence-electron chi connectivity index (χ3n) is 2.42. The summed E-state index contributed by atoms with van der Waals surface area (Å²) in [6.45, 7) is 4.06. The average molecular weight is 189 g/mol. The van der Waals surface area contributed by atoms with Gasteiger partial charge in [-0.3, -0.25) is 4.79 Å². The second-order valence-corrected chi connectivity index (χ2v) is 4.92. The van der Waals surface area contributed by atoms with E-state index < -0.39 is 4.87 Å². The third-order valence-corrected chi connectivity index (χ3v) is 2.85. The fourth-order valence-electron chi connectivity index (χ4n) is 1.65. The lowest BCUT2D eigenvalue weighted by molar-refractivity contribution is -0.129. The summed E-state index contributed by atoms with van der Waals surface area (Å²) in [5.74, 6) is -0.126. The Balaban J connectivity index is 2.86. The molecule has 0 saturated heterocycles. The molecule has 0 heterocycles. The van der Waals surface area contributed by atoms with Crippen molar-refractivity contribution < 1.29 is 9.59 Å². The molecule has 0 bridgehead atoms. The van der Waals surface area contributed by atoms with Crippen LogP contribution in [0.1, 0.15) is 33.1 Å². The Hall–Kier alpha value is -0.370. The predicted octanol–water partition coefficient (Wildman–Crippen LogP) is 1.94. The topological polar surface area (TPSA) is 34.1 Å². The van der Waals surface area contributed by atoms with Crippen molar-refractivity contribution >= 4 is 23.7 Å². The quantitative estimate of drug-likeness (QED) is 0.358. The van der Waals surface area contributed by atoms with Gasteiger partial charge in [-0.15, -0.1) is 11.6 Å². The average Bonchev–Trinajstić information content (AvgIpc) is 1.97. The summed E-state index contributed by atoms with van der Waals surface area (Å²) in [5.41, 5.74) is 0.0105. The number of halogens is 1. The molecular formula is C9H13ClO2. The highest BCUT2D eigenvalue weighted by Crippen LogP contribution is 2.41. The maximum Gasteiger partial charge on any atom is 0.161 e. The van der Waals surface area contributed by atoms with E-state index in [1.165, 1.54) is 0 Å². The van der Waals surface area contributed by atoms with Gasteiger partial charge in [-0.1, -0.05) is 13.8 Å². The van der Waals surface area contributed by atoms with Crippen molar-refractivity contribution in [3.05, 3.63) is 0 Å². The van der Waals surface area contributed by atoms with Crippen LogP contribution in [0.4, 0.5) is 0 Å². The van der Waals surface area contributed by atoms with E-state index in [0.29, 0.717) is 19.1 Å². The first-order chi connectivity index (χ1) is 5.40. The van der Waals surface area contributed by atoms with Crippen LogP contribution in [0.3, 0.4) is 0 Å². The first-order valence-corrected chi connectivity index (χ1v) is 4.46. The van der Waals surface area contributed by atoms with Crippen LogP contribution >= 0.6 is 11.6 Å². The van der Waals surface area contributed by atoms with Crippen LogP contribution < -0.4 is 0 Å². The molecule has 0 radical (unpaired) electrons. The number of alkyl halides is 1. The molecular weight excluding hydrogens is 176 g/mol. The molecule has 0 aromatic rings. The minimum absolute atomic E-state index is 0.0105. The molecule has 68 valence electrons. The van der Waals surface area contributed by atoms with E-state index in [0.717, 1.165) is 6.42 Å². The Kier molecular flexibility index (Phi) is 2.30. The van der Waals surface area contributed by atoms with Crippen LogP contribution in [0, 0.1) is 5.41 Å². The van der Waals surface area contributed by atoms with Crippen molar-refractivity contribution in [2.45, 2.75) is 38.0 Å². The second-order valence-electron chi connectivity index (χ2n) is 4.24. The smallest absolute Gasteiger partial charge is 0.161 e. The first-order valence-electron chi connectivity index (χ1n) is 4.08. The number of hydrogen-bond acceptors (Lipinski definition) is 2. The zero-order chi connectivity index (χ0) is 9.41. The van der Waals surface area contributed by atoms with Crippen molar-refractivity contribution in [2.75, 3.05) is 0 Å². The second kappa shape index (κ2) is 2.84. The molecule has 0 amide bonds. The van der Waals surface area contributed by atoms with E-state index in [1.807, 2.05) is 13.8 Å². The molecule has 1 rings (SSSR count). The monoisotopic (exact) mass is 188 g/mol. The van der Waals surface area contributed by atoms with Crippen LogP contribution in [0.15, 0.2) is 0 Å². The van der Waals surface area contributed by atoms with Gasteiger partial charge in [0, 0.05) is 6.42 Å². The first kappa shape index (κ1) is 9.72. The van der Waals surface area contributed by atoms with Crippen molar-refractivity contribution in [1.82, 2.24) is 0 Å². The molecule has 0 aromatic heterocycles. The van der Waals surface area contributed by atoms with Gasteiger partial charge in [-0.25, -0.2) is 0 Å². The minimum atomic E-state index is -1.23. The van der Waals surface area contributed by atoms with E-state index in [1.54, 1.807) is 0 Å². The summed E-state index contributed by atoms with van der Waals surface area (Å²) in [6, 6.07) is 0. The molecule has 0 aromatic carbocycles. The Morgan fingerprint density at radius 1 is 1.50 bits per heavy atom. The van der Waals surface area contributed by atoms with Gasteiger partial charge in [0.1, 0.15) is 6.29 Å². The van der Waals surface area contributed by atoms with Crippen LogP contribution in [0.5, 0.6) is 0 Å². The van der Waals surface area contributed by atoms with E-state index in [2.05, 4.69) is 0 Å². The minimum Gasteiger partial charge on any atom is -0.301 e. The molecule has 0 N–H and O–H groups in total. The SMILES string of the molecule is CC1(C)CCC(=O)C(Cl)(C=O)C1. The Bertz CT molecular complexity index is 223. The Labute approximate surface area is 77.3 Å². The number of hydrogen-bond donors (Lipinski definition) is 0. The molecule has 1 fully saturated rings. The Morgan fingerprint density at radius 3 is 2.50 bits per heavy atom. The number of carbonyl (C=O) groups excluding carboxylic acids is 2. The molecule has 3 heteroatoms. The number of rotatable bonds is 1. The fourth-order valence-corrected chi connectivity index (χ4v) is 2.11. The highest BCUT2D eigenvalue weighted by molar-refractivity contribution is 6.43. The van der Waals surface area contributed by atoms with Crippen LogP contribution in [0.25, 0.3) is 0 Å². The molecule has 12 heavy (non-hydrogen) atoms. The maximum atomic E-state index is 11.3. The van der Waals surface area contributed by atoms with E-state index in [4.69, 9.17) is 11.6 Å². The Morgan fingerprint density at radius 2 is 2.08 bits per heavy atom.